The van der Waals surface area contributed by atoms with Crippen LogP contribution in [0.2, 0.25) is 0 Å². The Hall–Kier alpha value is -2.82. The van der Waals surface area contributed by atoms with Crippen LogP contribution in [0, 0.1) is 0 Å². The van der Waals surface area contributed by atoms with Crippen LogP contribution in [0.5, 0.6) is 17.2 Å². The molecule has 3 rings (SSSR count). The second-order valence-electron chi connectivity index (χ2n) is 5.99. The minimum Gasteiger partial charge on any atom is -0.454 e. The van der Waals surface area contributed by atoms with Gasteiger partial charge in [0.1, 0.15) is 5.75 Å². The maximum atomic E-state index is 12.7. The maximum absolute atomic E-state index is 12.7. The molecule has 0 spiro atoms. The average Bonchev–Trinajstić information content (AvgIpc) is 3.30. The first-order valence-electron chi connectivity index (χ1n) is 8.40. The molecule has 1 aromatic heterocycles. The van der Waals surface area contributed by atoms with E-state index in [1.807, 2.05) is 24.4 Å². The summed E-state index contributed by atoms with van der Waals surface area (Å²) >= 11 is 1.55. The number of hydrogen-bond donors (Lipinski definition) is 2. The third-order valence-electron chi connectivity index (χ3n) is 3.80. The summed E-state index contributed by atoms with van der Waals surface area (Å²) in [7, 11) is 5.49. The van der Waals surface area contributed by atoms with Crippen LogP contribution in [-0.4, -0.2) is 45.5 Å². The van der Waals surface area contributed by atoms with E-state index in [9.17, 15) is 8.78 Å². The summed E-state index contributed by atoms with van der Waals surface area (Å²) < 4.78 is 40.6. The fraction of sp³-hybridized carbons (Fsp3) is 0.412. The Labute approximate surface area is 165 Å². The molecule has 2 N–H and O–H groups in total. The molecule has 0 radical (unpaired) electrons. The lowest BCUT2D eigenvalue weighted by atomic mass is 10.1. The molecule has 0 aliphatic carbocycles. The molecular weight excluding hydrogens is 392 g/mol. The zero-order valence-electron chi connectivity index (χ0n) is 15.7. The molecule has 1 aromatic carbocycles. The first-order chi connectivity index (χ1) is 13.5. The normalized spacial score (nSPS) is 13.0. The fourth-order valence-electron chi connectivity index (χ4n) is 2.47. The SMILES string of the molecule is CN=C(NCc1csc(N(C)C)n1)NCc1cc2c(cc1OC(F)F)OCO2. The zero-order valence-corrected chi connectivity index (χ0v) is 16.5. The van der Waals surface area contributed by atoms with Gasteiger partial charge in [-0.3, -0.25) is 4.99 Å². The predicted molar refractivity (Wildman–Crippen MR) is 103 cm³/mol. The largest absolute Gasteiger partial charge is 0.454 e. The summed E-state index contributed by atoms with van der Waals surface area (Å²) in [5.74, 6) is 1.39. The topological polar surface area (TPSA) is 80.2 Å². The van der Waals surface area contributed by atoms with Crippen molar-refractivity contribution in [2.75, 3.05) is 32.8 Å². The number of halogens is 2. The molecule has 2 aromatic rings. The second kappa shape index (κ2) is 8.91. The first-order valence-corrected chi connectivity index (χ1v) is 9.27. The van der Waals surface area contributed by atoms with E-state index in [1.54, 1.807) is 24.5 Å². The number of thiazole rings is 1. The number of rotatable bonds is 7. The standard InChI is InChI=1S/C17H21F2N5O3S/c1-20-16(22-7-11-8-28-17(23-11)24(2)3)21-6-10-4-13-14(26-9-25-13)5-12(10)27-15(18)19/h4-5,8,15H,6-7,9H2,1-3H3,(H2,20,21,22). The molecule has 8 nitrogen and oxygen atoms in total. The highest BCUT2D eigenvalue weighted by molar-refractivity contribution is 7.13. The van der Waals surface area contributed by atoms with Gasteiger partial charge in [-0.2, -0.15) is 8.78 Å². The van der Waals surface area contributed by atoms with E-state index < -0.39 is 6.61 Å². The zero-order chi connectivity index (χ0) is 20.1. The van der Waals surface area contributed by atoms with Gasteiger partial charge in [0.2, 0.25) is 6.79 Å². The van der Waals surface area contributed by atoms with Crippen molar-refractivity contribution in [2.45, 2.75) is 19.7 Å². The van der Waals surface area contributed by atoms with Gasteiger partial charge in [-0.25, -0.2) is 4.98 Å². The minimum absolute atomic E-state index is 0.0253. The molecule has 28 heavy (non-hydrogen) atoms. The Bertz CT molecular complexity index is 844. The number of alkyl halides is 2. The molecule has 0 unspecified atom stereocenters. The van der Waals surface area contributed by atoms with E-state index in [4.69, 9.17) is 9.47 Å². The first kappa shape index (κ1) is 19.9. The van der Waals surface area contributed by atoms with Crippen LogP contribution in [0.25, 0.3) is 0 Å². The summed E-state index contributed by atoms with van der Waals surface area (Å²) in [5, 5.41) is 9.08. The molecule has 1 aliphatic heterocycles. The number of ether oxygens (including phenoxy) is 3. The van der Waals surface area contributed by atoms with Crippen LogP contribution in [0.1, 0.15) is 11.3 Å². The molecule has 0 amide bonds. The number of nitrogens with one attached hydrogen (secondary N) is 2. The molecule has 2 heterocycles. The number of nitrogens with zero attached hydrogens (tertiary/aromatic N) is 3. The molecule has 0 saturated heterocycles. The number of aromatic nitrogens is 1. The smallest absolute Gasteiger partial charge is 0.387 e. The van der Waals surface area contributed by atoms with Gasteiger partial charge in [0.05, 0.1) is 12.2 Å². The van der Waals surface area contributed by atoms with E-state index in [2.05, 4.69) is 25.3 Å². The molecule has 1 aliphatic rings. The van der Waals surface area contributed by atoms with Crippen molar-refractivity contribution in [3.63, 3.8) is 0 Å². The number of benzene rings is 1. The van der Waals surface area contributed by atoms with Crippen LogP contribution in [-0.2, 0) is 13.1 Å². The number of anilines is 1. The van der Waals surface area contributed by atoms with Gasteiger partial charge in [-0.05, 0) is 6.07 Å². The minimum atomic E-state index is -2.94. The Kier molecular flexibility index (Phi) is 6.34. The van der Waals surface area contributed by atoms with E-state index >= 15 is 0 Å². The summed E-state index contributed by atoms with van der Waals surface area (Å²) in [6.45, 7) is -2.21. The lowest BCUT2D eigenvalue weighted by Gasteiger charge is -2.15. The third-order valence-corrected chi connectivity index (χ3v) is 4.86. The monoisotopic (exact) mass is 413 g/mol. The average molecular weight is 413 g/mol. The van der Waals surface area contributed by atoms with E-state index in [0.29, 0.717) is 29.6 Å². The highest BCUT2D eigenvalue weighted by atomic mass is 32.1. The third kappa shape index (κ3) is 4.91. The van der Waals surface area contributed by atoms with Gasteiger partial charge in [0.25, 0.3) is 0 Å². The number of aliphatic imine (C=N–C) groups is 1. The highest BCUT2D eigenvalue weighted by Crippen LogP contribution is 2.38. The Balaban J connectivity index is 1.62. The highest BCUT2D eigenvalue weighted by Gasteiger charge is 2.20. The number of guanidine groups is 1. The van der Waals surface area contributed by atoms with Crippen molar-refractivity contribution in [2.24, 2.45) is 4.99 Å². The number of fused-ring (bicyclic) bond motifs is 1. The van der Waals surface area contributed by atoms with Crippen molar-refractivity contribution in [3.05, 3.63) is 28.8 Å². The van der Waals surface area contributed by atoms with Crippen LogP contribution in [0.3, 0.4) is 0 Å². The molecule has 0 atom stereocenters. The lowest BCUT2D eigenvalue weighted by Crippen LogP contribution is -2.36. The Morgan fingerprint density at radius 3 is 2.64 bits per heavy atom. The summed E-state index contributed by atoms with van der Waals surface area (Å²) in [4.78, 5) is 10.6. The Morgan fingerprint density at radius 2 is 2.00 bits per heavy atom. The van der Waals surface area contributed by atoms with Gasteiger partial charge >= 0.3 is 6.61 Å². The Morgan fingerprint density at radius 1 is 1.29 bits per heavy atom. The number of hydrogen-bond acceptors (Lipinski definition) is 7. The molecule has 11 heteroatoms. The van der Waals surface area contributed by atoms with Crippen molar-refractivity contribution >= 4 is 22.4 Å². The molecular formula is C17H21F2N5O3S. The van der Waals surface area contributed by atoms with Crippen LogP contribution >= 0.6 is 11.3 Å². The van der Waals surface area contributed by atoms with Crippen molar-refractivity contribution in [1.82, 2.24) is 15.6 Å². The van der Waals surface area contributed by atoms with E-state index in [-0.39, 0.29) is 19.1 Å². The van der Waals surface area contributed by atoms with E-state index in [1.165, 1.54) is 6.07 Å². The summed E-state index contributed by atoms with van der Waals surface area (Å²) in [6.07, 6.45) is 0. The van der Waals surface area contributed by atoms with Crippen molar-refractivity contribution in [1.29, 1.82) is 0 Å². The van der Waals surface area contributed by atoms with Crippen LogP contribution < -0.4 is 29.7 Å². The quantitative estimate of drug-likeness (QED) is 0.533. The van der Waals surface area contributed by atoms with Gasteiger partial charge in [-0.1, -0.05) is 0 Å². The van der Waals surface area contributed by atoms with Gasteiger partial charge < -0.3 is 29.7 Å². The summed E-state index contributed by atoms with van der Waals surface area (Å²) in [5.41, 5.74) is 1.37. The molecule has 0 saturated carbocycles. The van der Waals surface area contributed by atoms with Crippen LogP contribution in [0.4, 0.5) is 13.9 Å². The van der Waals surface area contributed by atoms with Crippen molar-refractivity contribution in [3.8, 4) is 17.2 Å². The predicted octanol–water partition coefficient (Wildman–Crippen LogP) is 2.40. The van der Waals surface area contributed by atoms with Gasteiger partial charge in [-0.15, -0.1) is 11.3 Å². The van der Waals surface area contributed by atoms with Gasteiger partial charge in [0, 0.05) is 44.7 Å². The lowest BCUT2D eigenvalue weighted by molar-refractivity contribution is -0.0505. The molecule has 0 bridgehead atoms. The second-order valence-corrected chi connectivity index (χ2v) is 6.82. The fourth-order valence-corrected chi connectivity index (χ4v) is 3.22. The van der Waals surface area contributed by atoms with E-state index in [0.717, 1.165) is 10.8 Å². The molecule has 152 valence electrons. The summed E-state index contributed by atoms with van der Waals surface area (Å²) in [6, 6.07) is 3.02. The van der Waals surface area contributed by atoms with Crippen LogP contribution in [0.15, 0.2) is 22.5 Å². The van der Waals surface area contributed by atoms with Crippen molar-refractivity contribution < 1.29 is 23.0 Å². The molecule has 0 fully saturated rings. The van der Waals surface area contributed by atoms with Gasteiger partial charge in [0.15, 0.2) is 22.6 Å². The maximum Gasteiger partial charge on any atom is 0.387 e.